The standard InChI is InChI=1S/C13H25NO/c1-3-13(2,6-7-15)14-12-9-10-4-5-11(12)8-10/h10-12,14-15H,3-9H2,1-2H3. The third-order valence-electron chi connectivity index (χ3n) is 4.72. The van der Waals surface area contributed by atoms with E-state index in [1.54, 1.807) is 0 Å². The molecule has 2 saturated carbocycles. The van der Waals surface area contributed by atoms with Crippen LogP contribution < -0.4 is 5.32 Å². The van der Waals surface area contributed by atoms with E-state index in [1.807, 2.05) is 0 Å². The van der Waals surface area contributed by atoms with E-state index in [-0.39, 0.29) is 5.54 Å². The molecule has 0 aromatic rings. The molecule has 2 N–H and O–H groups in total. The second-order valence-corrected chi connectivity index (χ2v) is 5.81. The molecule has 2 fully saturated rings. The number of hydrogen-bond acceptors (Lipinski definition) is 2. The van der Waals surface area contributed by atoms with Crippen LogP contribution in [-0.2, 0) is 0 Å². The molecule has 15 heavy (non-hydrogen) atoms. The Bertz CT molecular complexity index is 219. The Labute approximate surface area is 93.5 Å². The monoisotopic (exact) mass is 211 g/mol. The van der Waals surface area contributed by atoms with Crippen molar-refractivity contribution in [3.05, 3.63) is 0 Å². The summed E-state index contributed by atoms with van der Waals surface area (Å²) in [5, 5.41) is 12.9. The van der Waals surface area contributed by atoms with Crippen molar-refractivity contribution in [3.63, 3.8) is 0 Å². The molecule has 0 aromatic carbocycles. The van der Waals surface area contributed by atoms with E-state index in [4.69, 9.17) is 5.11 Å². The maximum absolute atomic E-state index is 9.10. The van der Waals surface area contributed by atoms with Crippen LogP contribution in [0.15, 0.2) is 0 Å². The van der Waals surface area contributed by atoms with Crippen LogP contribution in [0.25, 0.3) is 0 Å². The molecule has 2 nitrogen and oxygen atoms in total. The molecule has 2 bridgehead atoms. The molecule has 0 spiro atoms. The van der Waals surface area contributed by atoms with Gasteiger partial charge in [-0.1, -0.05) is 13.3 Å². The van der Waals surface area contributed by atoms with Gasteiger partial charge in [0.15, 0.2) is 0 Å². The van der Waals surface area contributed by atoms with Crippen molar-refractivity contribution >= 4 is 0 Å². The summed E-state index contributed by atoms with van der Waals surface area (Å²) in [5.74, 6) is 1.93. The summed E-state index contributed by atoms with van der Waals surface area (Å²) in [4.78, 5) is 0. The lowest BCUT2D eigenvalue weighted by Gasteiger charge is -2.36. The summed E-state index contributed by atoms with van der Waals surface area (Å²) in [6.07, 6.45) is 7.73. The fraction of sp³-hybridized carbons (Fsp3) is 1.00. The van der Waals surface area contributed by atoms with Gasteiger partial charge in [-0.3, -0.25) is 0 Å². The minimum absolute atomic E-state index is 0.157. The Balaban J connectivity index is 1.89. The SMILES string of the molecule is CCC(C)(CCO)NC1CC2CCC1C2. The number of aliphatic hydroxyl groups is 1. The Kier molecular flexibility index (Phi) is 3.36. The summed E-state index contributed by atoms with van der Waals surface area (Å²) >= 11 is 0. The van der Waals surface area contributed by atoms with Gasteiger partial charge in [-0.05, 0) is 50.9 Å². The molecule has 0 saturated heterocycles. The Morgan fingerprint density at radius 2 is 2.13 bits per heavy atom. The Hall–Kier alpha value is -0.0800. The first-order valence-electron chi connectivity index (χ1n) is 6.55. The van der Waals surface area contributed by atoms with E-state index in [1.165, 1.54) is 25.7 Å². The molecule has 2 aliphatic carbocycles. The smallest absolute Gasteiger partial charge is 0.0448 e. The topological polar surface area (TPSA) is 32.3 Å². The highest BCUT2D eigenvalue weighted by Gasteiger charge is 2.41. The fourth-order valence-electron chi connectivity index (χ4n) is 3.47. The molecule has 4 unspecified atom stereocenters. The lowest BCUT2D eigenvalue weighted by molar-refractivity contribution is 0.184. The van der Waals surface area contributed by atoms with Crippen LogP contribution >= 0.6 is 0 Å². The van der Waals surface area contributed by atoms with E-state index >= 15 is 0 Å². The van der Waals surface area contributed by atoms with Crippen LogP contribution in [0.1, 0.15) is 52.4 Å². The lowest BCUT2D eigenvalue weighted by Crippen LogP contribution is -2.50. The van der Waals surface area contributed by atoms with Crippen molar-refractivity contribution in [3.8, 4) is 0 Å². The predicted octanol–water partition coefficient (Wildman–Crippen LogP) is 2.32. The molecule has 2 rings (SSSR count). The molecule has 2 aliphatic rings. The number of aliphatic hydroxyl groups excluding tert-OH is 1. The summed E-state index contributed by atoms with van der Waals surface area (Å²) in [5.41, 5.74) is 0.157. The fourth-order valence-corrected chi connectivity index (χ4v) is 3.47. The number of hydrogen-bond donors (Lipinski definition) is 2. The van der Waals surface area contributed by atoms with Gasteiger partial charge in [-0.25, -0.2) is 0 Å². The first-order valence-corrected chi connectivity index (χ1v) is 6.55. The summed E-state index contributed by atoms with van der Waals surface area (Å²) in [7, 11) is 0. The molecular formula is C13H25NO. The molecule has 2 heteroatoms. The van der Waals surface area contributed by atoms with Gasteiger partial charge in [0, 0.05) is 18.2 Å². The maximum Gasteiger partial charge on any atom is 0.0448 e. The average molecular weight is 211 g/mol. The summed E-state index contributed by atoms with van der Waals surface area (Å²) in [6.45, 7) is 4.78. The average Bonchev–Trinajstić information content (AvgIpc) is 2.79. The van der Waals surface area contributed by atoms with Crippen molar-refractivity contribution < 1.29 is 5.11 Å². The third kappa shape index (κ3) is 2.36. The van der Waals surface area contributed by atoms with E-state index in [9.17, 15) is 0 Å². The van der Waals surface area contributed by atoms with Gasteiger partial charge < -0.3 is 10.4 Å². The molecule has 4 atom stereocenters. The largest absolute Gasteiger partial charge is 0.396 e. The highest BCUT2D eigenvalue weighted by molar-refractivity contribution is 4.97. The Morgan fingerprint density at radius 1 is 1.33 bits per heavy atom. The van der Waals surface area contributed by atoms with E-state index < -0.39 is 0 Å². The first kappa shape index (κ1) is 11.4. The van der Waals surface area contributed by atoms with Crippen LogP contribution in [-0.4, -0.2) is 23.3 Å². The lowest BCUT2D eigenvalue weighted by atomic mass is 9.89. The zero-order valence-corrected chi connectivity index (χ0v) is 10.1. The number of fused-ring (bicyclic) bond motifs is 2. The quantitative estimate of drug-likeness (QED) is 0.731. The van der Waals surface area contributed by atoms with Crippen molar-refractivity contribution in [2.45, 2.75) is 64.0 Å². The van der Waals surface area contributed by atoms with Gasteiger partial charge in [0.25, 0.3) is 0 Å². The van der Waals surface area contributed by atoms with Gasteiger partial charge in [0.2, 0.25) is 0 Å². The Morgan fingerprint density at radius 3 is 2.60 bits per heavy atom. The normalized spacial score (nSPS) is 38.2. The van der Waals surface area contributed by atoms with E-state index in [2.05, 4.69) is 19.2 Å². The number of nitrogens with one attached hydrogen (secondary N) is 1. The van der Waals surface area contributed by atoms with Gasteiger partial charge in [0.1, 0.15) is 0 Å². The second-order valence-electron chi connectivity index (χ2n) is 5.81. The highest BCUT2D eigenvalue weighted by atomic mass is 16.3. The molecular weight excluding hydrogens is 186 g/mol. The third-order valence-corrected chi connectivity index (χ3v) is 4.72. The van der Waals surface area contributed by atoms with Crippen LogP contribution in [0, 0.1) is 11.8 Å². The summed E-state index contributed by atoms with van der Waals surface area (Å²) in [6, 6.07) is 0.736. The van der Waals surface area contributed by atoms with Crippen LogP contribution in [0.4, 0.5) is 0 Å². The van der Waals surface area contributed by atoms with E-state index in [0.29, 0.717) is 6.61 Å². The van der Waals surface area contributed by atoms with Gasteiger partial charge in [0.05, 0.1) is 0 Å². The molecule has 0 amide bonds. The van der Waals surface area contributed by atoms with Gasteiger partial charge in [-0.2, -0.15) is 0 Å². The zero-order chi connectivity index (χ0) is 10.9. The van der Waals surface area contributed by atoms with Crippen LogP contribution in [0.5, 0.6) is 0 Å². The predicted molar refractivity (Wildman–Crippen MR) is 62.8 cm³/mol. The molecule has 0 radical (unpaired) electrons. The first-order chi connectivity index (χ1) is 7.17. The van der Waals surface area contributed by atoms with Crippen molar-refractivity contribution in [2.24, 2.45) is 11.8 Å². The number of rotatable bonds is 5. The van der Waals surface area contributed by atoms with Crippen molar-refractivity contribution in [2.75, 3.05) is 6.61 Å². The van der Waals surface area contributed by atoms with Gasteiger partial charge in [-0.15, -0.1) is 0 Å². The van der Waals surface area contributed by atoms with E-state index in [0.717, 1.165) is 30.7 Å². The van der Waals surface area contributed by atoms with Gasteiger partial charge >= 0.3 is 0 Å². The minimum Gasteiger partial charge on any atom is -0.396 e. The van der Waals surface area contributed by atoms with Crippen molar-refractivity contribution in [1.82, 2.24) is 5.32 Å². The summed E-state index contributed by atoms with van der Waals surface area (Å²) < 4.78 is 0. The molecule has 0 aliphatic heterocycles. The molecule has 0 heterocycles. The molecule has 88 valence electrons. The van der Waals surface area contributed by atoms with Crippen molar-refractivity contribution in [1.29, 1.82) is 0 Å². The zero-order valence-electron chi connectivity index (χ0n) is 10.1. The maximum atomic E-state index is 9.10. The molecule has 0 aromatic heterocycles. The second kappa shape index (κ2) is 4.42. The highest BCUT2D eigenvalue weighted by Crippen LogP contribution is 2.45. The van der Waals surface area contributed by atoms with Crippen LogP contribution in [0.2, 0.25) is 0 Å². The van der Waals surface area contributed by atoms with Crippen LogP contribution in [0.3, 0.4) is 0 Å². The minimum atomic E-state index is 0.157.